The van der Waals surface area contributed by atoms with Crippen LogP contribution >= 0.6 is 0 Å². The number of benzene rings is 2. The SMILES string of the molecule is Nc1ccc(S(=O)(=O)[O-])c2cc(S(=O)(=O)[O-])ccc12.[Na+].[Na+]. The van der Waals surface area contributed by atoms with Crippen LogP contribution in [-0.2, 0) is 20.2 Å². The van der Waals surface area contributed by atoms with Crippen molar-refractivity contribution >= 4 is 36.7 Å². The molecule has 0 aromatic heterocycles. The van der Waals surface area contributed by atoms with E-state index < -0.39 is 30.0 Å². The predicted octanol–water partition coefficient (Wildman–Crippen LogP) is -5.76. The number of hydrogen-bond donors (Lipinski definition) is 1. The molecule has 0 aliphatic carbocycles. The first-order valence-electron chi connectivity index (χ1n) is 4.85. The molecule has 102 valence electrons. The summed E-state index contributed by atoms with van der Waals surface area (Å²) in [6, 6.07) is 5.21. The Morgan fingerprint density at radius 1 is 0.810 bits per heavy atom. The maximum atomic E-state index is 11.1. The second-order valence-electron chi connectivity index (χ2n) is 3.77. The van der Waals surface area contributed by atoms with Crippen LogP contribution in [0, 0.1) is 0 Å². The molecular weight excluding hydrogens is 340 g/mol. The summed E-state index contributed by atoms with van der Waals surface area (Å²) >= 11 is 0. The minimum absolute atomic E-state index is 0. The van der Waals surface area contributed by atoms with Crippen LogP contribution in [-0.4, -0.2) is 25.9 Å². The third-order valence-electron chi connectivity index (χ3n) is 2.54. The fraction of sp³-hybridized carbons (Fsp3) is 0. The molecule has 2 N–H and O–H groups in total. The first kappa shape index (κ1) is 21.3. The van der Waals surface area contributed by atoms with E-state index in [0.717, 1.165) is 18.2 Å². The van der Waals surface area contributed by atoms with Gasteiger partial charge in [0.1, 0.15) is 20.2 Å². The molecule has 0 unspecified atom stereocenters. The van der Waals surface area contributed by atoms with Gasteiger partial charge >= 0.3 is 59.1 Å². The summed E-state index contributed by atoms with van der Waals surface area (Å²) in [5.74, 6) is 0. The zero-order valence-corrected chi connectivity index (χ0v) is 16.9. The molecule has 0 saturated heterocycles. The average molecular weight is 347 g/mol. The molecule has 0 spiro atoms. The van der Waals surface area contributed by atoms with Crippen molar-refractivity contribution in [3.05, 3.63) is 30.3 Å². The van der Waals surface area contributed by atoms with Gasteiger partial charge in [-0.2, -0.15) is 0 Å². The number of rotatable bonds is 2. The Kier molecular flexibility index (Phi) is 7.37. The van der Waals surface area contributed by atoms with Crippen LogP contribution in [0.15, 0.2) is 40.1 Å². The molecule has 11 heteroatoms. The Morgan fingerprint density at radius 3 is 1.86 bits per heavy atom. The Labute approximate surface area is 166 Å². The number of fused-ring (bicyclic) bond motifs is 1. The van der Waals surface area contributed by atoms with E-state index in [2.05, 4.69) is 0 Å². The Bertz CT molecular complexity index is 880. The van der Waals surface area contributed by atoms with Crippen molar-refractivity contribution in [3.63, 3.8) is 0 Å². The van der Waals surface area contributed by atoms with Crippen LogP contribution in [0.2, 0.25) is 0 Å². The molecule has 21 heavy (non-hydrogen) atoms. The average Bonchev–Trinajstić information content (AvgIpc) is 2.26. The number of nitrogens with two attached hydrogens (primary N) is 1. The fourth-order valence-electron chi connectivity index (χ4n) is 1.70. The second kappa shape index (κ2) is 7.26. The van der Waals surface area contributed by atoms with Crippen molar-refractivity contribution in [2.45, 2.75) is 9.79 Å². The normalized spacial score (nSPS) is 11.5. The van der Waals surface area contributed by atoms with Gasteiger partial charge in [0.25, 0.3) is 0 Å². The zero-order valence-electron chi connectivity index (χ0n) is 11.2. The summed E-state index contributed by atoms with van der Waals surface area (Å²) in [5, 5.41) is -0.00347. The van der Waals surface area contributed by atoms with Gasteiger partial charge < -0.3 is 14.8 Å². The van der Waals surface area contributed by atoms with Gasteiger partial charge in [-0.15, -0.1) is 0 Å². The number of anilines is 1. The van der Waals surface area contributed by atoms with E-state index in [1.54, 1.807) is 0 Å². The standard InChI is InChI=1S/C10H9NO6S2.2Na/c11-9-3-4-10(19(15,16)17)8-5-6(18(12,13)14)1-2-7(8)9;;/h1-5H,11H2,(H,12,13,14)(H,15,16,17);;/q;2*+1/p-2. The van der Waals surface area contributed by atoms with Crippen LogP contribution in [0.4, 0.5) is 5.69 Å². The molecule has 0 aliphatic rings. The van der Waals surface area contributed by atoms with E-state index in [-0.39, 0.29) is 75.6 Å². The predicted molar refractivity (Wildman–Crippen MR) is 64.3 cm³/mol. The molecule has 2 aromatic carbocycles. The van der Waals surface area contributed by atoms with Crippen molar-refractivity contribution in [1.82, 2.24) is 0 Å². The summed E-state index contributed by atoms with van der Waals surface area (Å²) in [6.45, 7) is 0. The number of hydrogen-bond acceptors (Lipinski definition) is 7. The molecule has 0 heterocycles. The molecule has 0 saturated carbocycles. The zero-order chi connectivity index (χ0) is 14.4. The minimum Gasteiger partial charge on any atom is -0.744 e. The smallest absolute Gasteiger partial charge is 0.744 e. The topological polar surface area (TPSA) is 140 Å². The van der Waals surface area contributed by atoms with Crippen LogP contribution in [0.1, 0.15) is 0 Å². The van der Waals surface area contributed by atoms with Gasteiger partial charge in [-0.05, 0) is 24.3 Å². The molecule has 0 radical (unpaired) electrons. The molecule has 2 rings (SSSR count). The summed E-state index contributed by atoms with van der Waals surface area (Å²) in [7, 11) is -9.57. The van der Waals surface area contributed by atoms with E-state index in [9.17, 15) is 25.9 Å². The van der Waals surface area contributed by atoms with Crippen molar-refractivity contribution in [2.75, 3.05) is 5.73 Å². The quantitative estimate of drug-likeness (QED) is 0.324. The van der Waals surface area contributed by atoms with E-state index in [1.807, 2.05) is 0 Å². The van der Waals surface area contributed by atoms with Gasteiger partial charge in [-0.3, -0.25) is 0 Å². The van der Waals surface area contributed by atoms with E-state index in [1.165, 1.54) is 12.1 Å². The summed E-state index contributed by atoms with van der Waals surface area (Å²) in [4.78, 5) is -1.25. The van der Waals surface area contributed by atoms with Crippen molar-refractivity contribution in [1.29, 1.82) is 0 Å². The molecule has 7 nitrogen and oxygen atoms in total. The first-order chi connectivity index (χ1) is 8.60. The third kappa shape index (κ3) is 4.64. The van der Waals surface area contributed by atoms with Gasteiger partial charge in [0.05, 0.1) is 9.79 Å². The van der Waals surface area contributed by atoms with Crippen LogP contribution in [0.5, 0.6) is 0 Å². The van der Waals surface area contributed by atoms with Crippen molar-refractivity contribution in [2.24, 2.45) is 0 Å². The Balaban J connectivity index is 0.00000200. The Hall–Kier alpha value is 0.320. The molecule has 0 fully saturated rings. The van der Waals surface area contributed by atoms with Crippen LogP contribution in [0.25, 0.3) is 10.8 Å². The molecule has 0 atom stereocenters. The minimum atomic E-state index is -4.81. The van der Waals surface area contributed by atoms with Gasteiger partial charge in [0, 0.05) is 16.5 Å². The van der Waals surface area contributed by atoms with E-state index in [4.69, 9.17) is 5.73 Å². The molecule has 2 aromatic rings. The van der Waals surface area contributed by atoms with E-state index in [0.29, 0.717) is 0 Å². The number of nitrogen functional groups attached to an aromatic ring is 1. The summed E-state index contributed by atoms with van der Waals surface area (Å²) in [6.07, 6.45) is 0. The van der Waals surface area contributed by atoms with Crippen molar-refractivity contribution in [3.8, 4) is 0 Å². The fourth-order valence-corrected chi connectivity index (χ4v) is 2.87. The largest absolute Gasteiger partial charge is 1.00 e. The van der Waals surface area contributed by atoms with Crippen molar-refractivity contribution < 1.29 is 85.1 Å². The second-order valence-corrected chi connectivity index (χ2v) is 6.50. The summed E-state index contributed by atoms with van der Waals surface area (Å²) in [5.41, 5.74) is 5.77. The molecular formula is C10H7NNa2O6S2. The van der Waals surface area contributed by atoms with E-state index >= 15 is 0 Å². The Morgan fingerprint density at radius 2 is 1.38 bits per heavy atom. The molecule has 0 amide bonds. The summed E-state index contributed by atoms with van der Waals surface area (Å²) < 4.78 is 66.0. The van der Waals surface area contributed by atoms with Gasteiger partial charge in [0.15, 0.2) is 0 Å². The molecule has 0 bridgehead atoms. The van der Waals surface area contributed by atoms with Gasteiger partial charge in [0.2, 0.25) is 0 Å². The maximum absolute atomic E-state index is 11.1. The maximum Gasteiger partial charge on any atom is 1.00 e. The third-order valence-corrected chi connectivity index (χ3v) is 4.27. The van der Waals surface area contributed by atoms with Gasteiger partial charge in [-0.25, -0.2) is 16.8 Å². The van der Waals surface area contributed by atoms with Gasteiger partial charge in [-0.1, -0.05) is 6.07 Å². The van der Waals surface area contributed by atoms with Crippen LogP contribution < -0.4 is 64.8 Å². The first-order valence-corrected chi connectivity index (χ1v) is 7.66. The molecule has 0 aliphatic heterocycles. The van der Waals surface area contributed by atoms with Crippen LogP contribution in [0.3, 0.4) is 0 Å². The monoisotopic (exact) mass is 347 g/mol.